The number of amides is 1. The summed E-state index contributed by atoms with van der Waals surface area (Å²) in [4.78, 5) is 28.4. The summed E-state index contributed by atoms with van der Waals surface area (Å²) in [5.41, 5.74) is 2.03. The lowest BCUT2D eigenvalue weighted by molar-refractivity contribution is 0.102. The predicted molar refractivity (Wildman–Crippen MR) is 129 cm³/mol. The number of rotatable bonds is 8. The van der Waals surface area contributed by atoms with Crippen LogP contribution in [0, 0.1) is 0 Å². The van der Waals surface area contributed by atoms with Crippen LogP contribution in [0.15, 0.2) is 66.3 Å². The largest absolute Gasteiger partial charge is 0.513 e. The molecule has 1 N–H and O–H groups in total. The molecule has 0 spiro atoms. The number of hydrogen-bond acceptors (Lipinski definition) is 8. The number of fused-ring (bicyclic) bond motifs is 1. The summed E-state index contributed by atoms with van der Waals surface area (Å²) in [6.07, 6.45) is 2.42. The van der Waals surface area contributed by atoms with Crippen molar-refractivity contribution < 1.29 is 28.5 Å². The molecule has 0 unspecified atom stereocenters. The van der Waals surface area contributed by atoms with Crippen molar-refractivity contribution in [3.63, 3.8) is 0 Å². The van der Waals surface area contributed by atoms with E-state index in [1.165, 1.54) is 17.5 Å². The van der Waals surface area contributed by atoms with Crippen LogP contribution in [0.3, 0.4) is 0 Å². The van der Waals surface area contributed by atoms with Crippen LogP contribution in [0.2, 0.25) is 0 Å². The summed E-state index contributed by atoms with van der Waals surface area (Å²) in [5.74, 6) is 1.39. The minimum atomic E-state index is -0.767. The highest BCUT2D eigenvalue weighted by Crippen LogP contribution is 2.34. The van der Waals surface area contributed by atoms with E-state index in [9.17, 15) is 9.59 Å². The molecule has 8 nitrogen and oxygen atoms in total. The molecule has 9 heteroatoms. The van der Waals surface area contributed by atoms with Gasteiger partial charge < -0.3 is 24.3 Å². The van der Waals surface area contributed by atoms with Crippen molar-refractivity contribution in [2.24, 2.45) is 0 Å². The number of hydrogen-bond donors (Lipinski definition) is 1. The molecular weight excluding hydrogens is 456 g/mol. The number of anilines is 1. The van der Waals surface area contributed by atoms with Crippen molar-refractivity contribution >= 4 is 39.2 Å². The van der Waals surface area contributed by atoms with Crippen LogP contribution < -0.4 is 19.5 Å². The number of nitrogens with one attached hydrogen (secondary N) is 1. The first-order chi connectivity index (χ1) is 16.6. The van der Waals surface area contributed by atoms with Crippen molar-refractivity contribution in [1.29, 1.82) is 0 Å². The lowest BCUT2D eigenvalue weighted by atomic mass is 10.2. The summed E-state index contributed by atoms with van der Waals surface area (Å²) in [5, 5.41) is 5.63. The molecule has 2 aromatic carbocycles. The van der Waals surface area contributed by atoms with Gasteiger partial charge in [-0.3, -0.25) is 9.78 Å². The maximum atomic E-state index is 12.5. The Morgan fingerprint density at radius 1 is 1.06 bits per heavy atom. The van der Waals surface area contributed by atoms with Crippen LogP contribution in [0.5, 0.6) is 17.2 Å². The number of thiophene rings is 1. The molecule has 0 atom stereocenters. The number of nitrogens with zero attached hydrogens (tertiary/aromatic N) is 1. The summed E-state index contributed by atoms with van der Waals surface area (Å²) in [6.45, 7) is 2.21. The smallest absolute Gasteiger partial charge is 0.497 e. The first-order valence-electron chi connectivity index (χ1n) is 10.4. The van der Waals surface area contributed by atoms with E-state index in [2.05, 4.69) is 10.3 Å². The Morgan fingerprint density at radius 2 is 1.88 bits per heavy atom. The van der Waals surface area contributed by atoms with Gasteiger partial charge in [0.2, 0.25) is 0 Å². The molecule has 0 aliphatic carbocycles. The molecule has 0 saturated carbocycles. The third-order valence-corrected chi connectivity index (χ3v) is 5.88. The van der Waals surface area contributed by atoms with Crippen LogP contribution >= 0.6 is 11.3 Å². The second-order valence-corrected chi connectivity index (χ2v) is 7.94. The van der Waals surface area contributed by atoms with E-state index in [1.54, 1.807) is 62.7 Å². The summed E-state index contributed by atoms with van der Waals surface area (Å²) >= 11 is 1.43. The topological polar surface area (TPSA) is 96.0 Å². The van der Waals surface area contributed by atoms with Gasteiger partial charge >= 0.3 is 6.16 Å². The molecular formula is C25H22N2O6S. The molecule has 0 radical (unpaired) electrons. The van der Waals surface area contributed by atoms with E-state index >= 15 is 0 Å². The van der Waals surface area contributed by atoms with Crippen LogP contribution in [-0.4, -0.2) is 30.8 Å². The first-order valence-corrected chi connectivity index (χ1v) is 11.3. The van der Waals surface area contributed by atoms with Gasteiger partial charge in [-0.25, -0.2) is 4.79 Å². The molecule has 2 aromatic heterocycles. The zero-order chi connectivity index (χ0) is 23.9. The van der Waals surface area contributed by atoms with E-state index in [4.69, 9.17) is 18.9 Å². The van der Waals surface area contributed by atoms with Crippen molar-refractivity contribution in [3.8, 4) is 17.2 Å². The van der Waals surface area contributed by atoms with Gasteiger partial charge in [-0.15, -0.1) is 11.3 Å². The molecule has 4 rings (SSSR count). The minimum Gasteiger partial charge on any atom is -0.497 e. The number of pyridine rings is 1. The molecule has 0 aliphatic rings. The minimum absolute atomic E-state index is 0.228. The van der Waals surface area contributed by atoms with Crippen molar-refractivity contribution in [2.45, 2.75) is 13.5 Å². The number of carbonyl (C=O) groups excluding carboxylic acids is 2. The maximum absolute atomic E-state index is 12.5. The average molecular weight is 479 g/mol. The van der Waals surface area contributed by atoms with E-state index < -0.39 is 6.16 Å². The standard InChI is InChI=1S/C25H22N2O6S/c1-3-31-25(29)33-22-13-26-12-21-17(15-34-23(21)22)14-32-20-6-4-5-18(11-20)27-24(28)16-7-9-19(30-2)10-8-16/h4-13,15H,3,14H2,1-2H3,(H,27,28). The second kappa shape index (κ2) is 10.7. The first kappa shape index (κ1) is 23.1. The maximum Gasteiger partial charge on any atom is 0.513 e. The van der Waals surface area contributed by atoms with Gasteiger partial charge in [0, 0.05) is 34.5 Å². The van der Waals surface area contributed by atoms with E-state index in [-0.39, 0.29) is 19.1 Å². The fraction of sp³-hybridized carbons (Fsp3) is 0.160. The Balaban J connectivity index is 1.42. The molecule has 2 heterocycles. The Hall–Kier alpha value is -4.11. The molecule has 4 aromatic rings. The van der Waals surface area contributed by atoms with Crippen molar-refractivity contribution in [2.75, 3.05) is 19.0 Å². The van der Waals surface area contributed by atoms with Crippen LogP contribution in [0.4, 0.5) is 10.5 Å². The highest BCUT2D eigenvalue weighted by molar-refractivity contribution is 7.17. The van der Waals surface area contributed by atoms with E-state index in [0.717, 1.165) is 15.6 Å². The van der Waals surface area contributed by atoms with Gasteiger partial charge in [0.1, 0.15) is 18.1 Å². The molecule has 0 fully saturated rings. The van der Waals surface area contributed by atoms with Crippen LogP contribution in [0.1, 0.15) is 22.8 Å². The zero-order valence-electron chi connectivity index (χ0n) is 18.6. The van der Waals surface area contributed by atoms with Gasteiger partial charge in [-0.2, -0.15) is 0 Å². The number of carbonyl (C=O) groups is 2. The summed E-state index contributed by atoms with van der Waals surface area (Å²) in [7, 11) is 1.58. The molecule has 0 aliphatic heterocycles. The summed E-state index contributed by atoms with van der Waals surface area (Å²) < 4.78 is 21.9. The zero-order valence-corrected chi connectivity index (χ0v) is 19.4. The van der Waals surface area contributed by atoms with Crippen LogP contribution in [-0.2, 0) is 11.3 Å². The SMILES string of the molecule is CCOC(=O)Oc1cncc2c(COc3cccc(NC(=O)c4ccc(OC)cc4)c3)csc12. The van der Waals surface area contributed by atoms with Gasteiger partial charge in [-0.05, 0) is 48.7 Å². The third kappa shape index (κ3) is 5.44. The van der Waals surface area contributed by atoms with E-state index in [1.807, 2.05) is 11.4 Å². The predicted octanol–water partition coefficient (Wildman–Crippen LogP) is 5.67. The van der Waals surface area contributed by atoms with Gasteiger partial charge in [0.05, 0.1) is 24.6 Å². The number of benzene rings is 2. The fourth-order valence-corrected chi connectivity index (χ4v) is 4.14. The Labute approximate surface area is 200 Å². The number of ether oxygens (including phenoxy) is 4. The molecule has 1 amide bonds. The quantitative estimate of drug-likeness (QED) is 0.326. The van der Waals surface area contributed by atoms with Crippen molar-refractivity contribution in [1.82, 2.24) is 4.98 Å². The number of aromatic nitrogens is 1. The van der Waals surface area contributed by atoms with Gasteiger partial charge in [0.15, 0.2) is 5.75 Å². The number of methoxy groups -OCH3 is 1. The molecule has 34 heavy (non-hydrogen) atoms. The summed E-state index contributed by atoms with van der Waals surface area (Å²) in [6, 6.07) is 14.0. The van der Waals surface area contributed by atoms with Gasteiger partial charge in [-0.1, -0.05) is 6.07 Å². The van der Waals surface area contributed by atoms with E-state index in [0.29, 0.717) is 28.5 Å². The van der Waals surface area contributed by atoms with Crippen LogP contribution in [0.25, 0.3) is 10.1 Å². The lowest BCUT2D eigenvalue weighted by Gasteiger charge is -2.10. The van der Waals surface area contributed by atoms with Gasteiger partial charge in [0.25, 0.3) is 5.91 Å². The molecule has 0 bridgehead atoms. The lowest BCUT2D eigenvalue weighted by Crippen LogP contribution is -2.11. The average Bonchev–Trinajstić information content (AvgIpc) is 3.27. The highest BCUT2D eigenvalue weighted by Gasteiger charge is 2.14. The Kier molecular flexibility index (Phi) is 7.24. The highest BCUT2D eigenvalue weighted by atomic mass is 32.1. The molecule has 174 valence electrons. The third-order valence-electron chi connectivity index (χ3n) is 4.82. The normalized spacial score (nSPS) is 10.5. The van der Waals surface area contributed by atoms with Crippen molar-refractivity contribution in [3.05, 3.63) is 77.4 Å². The Bertz CT molecular complexity index is 1300. The fourth-order valence-electron chi connectivity index (χ4n) is 3.17. The second-order valence-electron chi connectivity index (χ2n) is 7.06. The Morgan fingerprint density at radius 3 is 2.65 bits per heavy atom. The monoisotopic (exact) mass is 478 g/mol. The molecule has 0 saturated heterocycles.